The first-order valence-corrected chi connectivity index (χ1v) is 20.1. The van der Waals surface area contributed by atoms with E-state index in [4.69, 9.17) is 18.9 Å². The normalized spacial score (nSPS) is 13.9. The second kappa shape index (κ2) is 19.2. The number of ether oxygens (including phenoxy) is 4. The predicted molar refractivity (Wildman–Crippen MR) is 203 cm³/mol. The maximum absolute atomic E-state index is 14.0. The summed E-state index contributed by atoms with van der Waals surface area (Å²) in [6.45, 7) is 26.2. The van der Waals surface area contributed by atoms with Gasteiger partial charge >= 0.3 is 5.97 Å². The highest BCUT2D eigenvalue weighted by Gasteiger charge is 2.39. The Morgan fingerprint density at radius 1 is 0.720 bits per heavy atom. The van der Waals surface area contributed by atoms with Crippen LogP contribution >= 0.6 is 11.8 Å². The number of nitrogens with one attached hydrogen (secondary N) is 1. The first kappa shape index (κ1) is 46.0. The van der Waals surface area contributed by atoms with Crippen LogP contribution in [0.2, 0.25) is 0 Å². The molecule has 50 heavy (non-hydrogen) atoms. The van der Waals surface area contributed by atoms with E-state index in [2.05, 4.69) is 19.2 Å². The van der Waals surface area contributed by atoms with Crippen molar-refractivity contribution in [1.82, 2.24) is 5.32 Å². The molecular weight excluding hydrogens is 679 g/mol. The van der Waals surface area contributed by atoms with Crippen LogP contribution in [0.15, 0.2) is 24.3 Å². The average Bonchev–Trinajstić information content (AvgIpc) is 2.94. The summed E-state index contributed by atoms with van der Waals surface area (Å²) >= 11 is 1.57. The fourth-order valence-corrected chi connectivity index (χ4v) is 7.40. The summed E-state index contributed by atoms with van der Waals surface area (Å²) in [4.78, 5) is 38.5. The lowest BCUT2D eigenvalue weighted by Gasteiger charge is -2.31. The first-order chi connectivity index (χ1) is 22.6. The number of ketones is 1. The largest absolute Gasteiger partial charge is 0.460 e. The Bertz CT molecular complexity index is 1330. The second-order valence-corrected chi connectivity index (χ2v) is 21.3. The number of hydrogen-bond acceptors (Lipinski definition) is 10. The molecule has 0 bridgehead atoms. The van der Waals surface area contributed by atoms with Gasteiger partial charge in [0.1, 0.15) is 5.60 Å². The van der Waals surface area contributed by atoms with Gasteiger partial charge in [0.05, 0.1) is 41.3 Å². The number of thioether (sulfide) groups is 1. The molecule has 0 spiro atoms. The lowest BCUT2D eigenvalue weighted by Crippen LogP contribution is -2.40. The van der Waals surface area contributed by atoms with Crippen LogP contribution < -0.4 is 5.32 Å². The lowest BCUT2D eigenvalue weighted by atomic mass is 9.99. The Labute approximate surface area is 306 Å². The third kappa shape index (κ3) is 19.0. The van der Waals surface area contributed by atoms with Crippen LogP contribution in [-0.4, -0.2) is 96.9 Å². The third-order valence-corrected chi connectivity index (χ3v) is 11.9. The maximum atomic E-state index is 14.0. The molecule has 0 saturated heterocycles. The van der Waals surface area contributed by atoms with Crippen molar-refractivity contribution in [2.24, 2.45) is 5.92 Å². The molecule has 1 amide bonds. The number of rotatable bonds is 21. The minimum Gasteiger partial charge on any atom is -0.460 e. The van der Waals surface area contributed by atoms with Crippen molar-refractivity contribution in [3.05, 3.63) is 35.4 Å². The summed E-state index contributed by atoms with van der Waals surface area (Å²) in [5.41, 5.74) is -0.517. The highest BCUT2D eigenvalue weighted by molar-refractivity contribution is 8.00. The number of Topliss-reactive ketones (excluding diaryl/α,β-unsaturated/α-hetero) is 1. The van der Waals surface area contributed by atoms with E-state index in [1.165, 1.54) is 0 Å². The zero-order valence-corrected chi connectivity index (χ0v) is 34.6. The van der Waals surface area contributed by atoms with Crippen molar-refractivity contribution in [2.45, 2.75) is 136 Å². The number of sulfone groups is 1. The van der Waals surface area contributed by atoms with Crippen molar-refractivity contribution >= 4 is 39.3 Å². The fourth-order valence-electron chi connectivity index (χ4n) is 4.46. The van der Waals surface area contributed by atoms with Crippen LogP contribution in [-0.2, 0) is 33.6 Å². The summed E-state index contributed by atoms with van der Waals surface area (Å²) in [5, 5.41) is 2.77. The molecule has 1 atom stereocenters. The minimum atomic E-state index is -3.73. The Hall–Kier alpha value is -1.99. The van der Waals surface area contributed by atoms with E-state index in [0.717, 1.165) is 6.42 Å². The molecule has 0 aromatic heterocycles. The van der Waals surface area contributed by atoms with Crippen LogP contribution in [0.4, 0.5) is 0 Å². The topological polar surface area (TPSA) is 134 Å². The Morgan fingerprint density at radius 3 is 1.76 bits per heavy atom. The van der Waals surface area contributed by atoms with Gasteiger partial charge in [-0.05, 0) is 101 Å². The minimum absolute atomic E-state index is 0.119. The van der Waals surface area contributed by atoms with Crippen molar-refractivity contribution in [3.63, 3.8) is 0 Å². The van der Waals surface area contributed by atoms with Crippen molar-refractivity contribution in [1.29, 1.82) is 0 Å². The molecule has 0 heterocycles. The van der Waals surface area contributed by atoms with Crippen LogP contribution in [0, 0.1) is 5.92 Å². The molecule has 0 fully saturated rings. The van der Waals surface area contributed by atoms with E-state index in [0.29, 0.717) is 29.9 Å². The molecule has 1 aromatic carbocycles. The summed E-state index contributed by atoms with van der Waals surface area (Å²) in [5.74, 6) is -1.76. The number of esters is 1. The number of carbonyl (C=O) groups is 3. The van der Waals surface area contributed by atoms with E-state index in [9.17, 15) is 22.8 Å². The van der Waals surface area contributed by atoms with Gasteiger partial charge in [-0.1, -0.05) is 26.0 Å². The standard InChI is InChI=1S/C38H65NO9S2/c1-34(2,3)46-23-19-37(10,11)49-26-30(27-50(43,44)38(12,13)20-24-47-35(4,5)6)32(41)28-14-16-29(17-15-28)33(42)39-21-25-45-22-18-31(40)48-36(7,8)9/h14-17,30H,18-27H2,1-13H3,(H,39,42). The zero-order valence-electron chi connectivity index (χ0n) is 32.9. The van der Waals surface area contributed by atoms with Gasteiger partial charge in [-0.15, -0.1) is 0 Å². The van der Waals surface area contributed by atoms with Gasteiger partial charge < -0.3 is 24.3 Å². The fraction of sp³-hybridized carbons (Fsp3) is 0.763. The maximum Gasteiger partial charge on any atom is 0.308 e. The van der Waals surface area contributed by atoms with E-state index in [1.54, 1.807) is 70.6 Å². The van der Waals surface area contributed by atoms with E-state index in [1.807, 2.05) is 41.5 Å². The van der Waals surface area contributed by atoms with Crippen LogP contribution in [0.5, 0.6) is 0 Å². The molecule has 1 rings (SSSR count). The number of hydrogen-bond donors (Lipinski definition) is 1. The molecule has 1 N–H and O–H groups in total. The highest BCUT2D eigenvalue weighted by atomic mass is 32.2. The quantitative estimate of drug-likeness (QED) is 0.0791. The number of benzene rings is 1. The van der Waals surface area contributed by atoms with Crippen molar-refractivity contribution in [3.8, 4) is 0 Å². The molecule has 0 saturated carbocycles. The Balaban J connectivity index is 2.99. The molecule has 0 radical (unpaired) electrons. The van der Waals surface area contributed by atoms with Crippen LogP contribution in [0.25, 0.3) is 0 Å². The lowest BCUT2D eigenvalue weighted by molar-refractivity contribution is -0.156. The molecule has 0 aliphatic rings. The number of amides is 1. The van der Waals surface area contributed by atoms with Crippen LogP contribution in [0.3, 0.4) is 0 Å². The Morgan fingerprint density at radius 2 is 1.24 bits per heavy atom. The SMILES string of the molecule is CC(C)(C)OCCC(C)(C)SCC(CS(=O)(=O)C(C)(C)CCOC(C)(C)C)C(=O)c1ccc(C(=O)NCCOCCC(=O)OC(C)(C)C)cc1. The summed E-state index contributed by atoms with van der Waals surface area (Å²) in [6.07, 6.45) is 1.15. The van der Waals surface area contributed by atoms with Crippen LogP contribution in [0.1, 0.15) is 130 Å². The smallest absolute Gasteiger partial charge is 0.308 e. The third-order valence-electron chi connectivity index (χ3n) is 7.62. The van der Waals surface area contributed by atoms with Gasteiger partial charge in [-0.3, -0.25) is 14.4 Å². The molecule has 10 nitrogen and oxygen atoms in total. The molecule has 288 valence electrons. The van der Waals surface area contributed by atoms with E-state index < -0.39 is 31.7 Å². The number of carbonyl (C=O) groups excluding carboxylic acids is 3. The van der Waals surface area contributed by atoms with Gasteiger partial charge in [0.2, 0.25) is 0 Å². The van der Waals surface area contributed by atoms with E-state index >= 15 is 0 Å². The monoisotopic (exact) mass is 743 g/mol. The summed E-state index contributed by atoms with van der Waals surface area (Å²) in [7, 11) is -3.73. The molecule has 12 heteroatoms. The van der Waals surface area contributed by atoms with E-state index in [-0.39, 0.29) is 66.5 Å². The van der Waals surface area contributed by atoms with Gasteiger partial charge in [0.15, 0.2) is 15.6 Å². The Kier molecular flexibility index (Phi) is 17.7. The molecule has 0 aliphatic carbocycles. The highest BCUT2D eigenvalue weighted by Crippen LogP contribution is 2.33. The average molecular weight is 744 g/mol. The summed E-state index contributed by atoms with van der Waals surface area (Å²) in [6, 6.07) is 6.27. The van der Waals surface area contributed by atoms with Gasteiger partial charge in [-0.2, -0.15) is 11.8 Å². The molecule has 0 aliphatic heterocycles. The predicted octanol–water partition coefficient (Wildman–Crippen LogP) is 7.08. The molecule has 1 aromatic rings. The van der Waals surface area contributed by atoms with Gasteiger partial charge in [0, 0.05) is 47.3 Å². The zero-order chi connectivity index (χ0) is 38.6. The molecular formula is C38H65NO9S2. The molecule has 1 unspecified atom stereocenters. The summed E-state index contributed by atoms with van der Waals surface area (Å²) < 4.78 is 48.8. The van der Waals surface area contributed by atoms with Gasteiger partial charge in [-0.25, -0.2) is 8.42 Å². The second-order valence-electron chi connectivity index (χ2n) is 16.9. The van der Waals surface area contributed by atoms with Crippen molar-refractivity contribution < 1.29 is 41.7 Å². The first-order valence-electron chi connectivity index (χ1n) is 17.5. The van der Waals surface area contributed by atoms with Gasteiger partial charge in [0.25, 0.3) is 5.91 Å². The van der Waals surface area contributed by atoms with Crippen molar-refractivity contribution in [2.75, 3.05) is 44.5 Å².